The predicted octanol–water partition coefficient (Wildman–Crippen LogP) is -2.15. The van der Waals surface area contributed by atoms with Crippen molar-refractivity contribution >= 4 is 17.0 Å². The number of hydrogen-bond donors (Lipinski definition) is 4. The Morgan fingerprint density at radius 2 is 1.96 bits per heavy atom. The second-order valence-electron chi connectivity index (χ2n) is 5.99. The zero-order chi connectivity index (χ0) is 16.7. The van der Waals surface area contributed by atoms with Crippen LogP contribution in [0.3, 0.4) is 0 Å². The summed E-state index contributed by atoms with van der Waals surface area (Å²) >= 11 is 0. The average Bonchev–Trinajstić information content (AvgIpc) is 3.17. The van der Waals surface area contributed by atoms with Gasteiger partial charge in [-0.05, 0) is 0 Å². The van der Waals surface area contributed by atoms with Crippen LogP contribution >= 0.6 is 0 Å². The lowest BCUT2D eigenvalue weighted by molar-refractivity contribution is -0.0511. The number of nitrogens with zero attached hydrogens (tertiary/aromatic N) is 5. The average molecular weight is 336 g/mol. The highest BCUT2D eigenvalue weighted by atomic mass is 16.6. The van der Waals surface area contributed by atoms with Crippen LogP contribution in [0.4, 0.5) is 5.82 Å². The predicted molar refractivity (Wildman–Crippen MR) is 83.4 cm³/mol. The first kappa shape index (κ1) is 15.7. The molecule has 0 amide bonds. The normalized spacial score (nSPS) is 31.0. The number of aliphatic hydroxyl groups excluding tert-OH is 3. The fourth-order valence-electron chi connectivity index (χ4n) is 3.24. The van der Waals surface area contributed by atoms with Crippen LogP contribution < -0.4 is 10.2 Å². The van der Waals surface area contributed by atoms with Gasteiger partial charge in [-0.25, -0.2) is 15.0 Å². The van der Waals surface area contributed by atoms with Crippen molar-refractivity contribution < 1.29 is 20.1 Å². The van der Waals surface area contributed by atoms with Crippen molar-refractivity contribution in [2.75, 3.05) is 37.7 Å². The Bertz CT molecular complexity index is 718. The number of hydrogen-bond acceptors (Lipinski definition) is 9. The molecule has 130 valence electrons. The zero-order valence-electron chi connectivity index (χ0n) is 13.0. The Hall–Kier alpha value is -1.85. The van der Waals surface area contributed by atoms with Gasteiger partial charge in [-0.2, -0.15) is 0 Å². The van der Waals surface area contributed by atoms with E-state index in [2.05, 4.69) is 25.2 Å². The van der Waals surface area contributed by atoms with Gasteiger partial charge in [0.2, 0.25) is 0 Å². The molecule has 10 heteroatoms. The number of rotatable bonds is 3. The highest BCUT2D eigenvalue weighted by Gasteiger charge is 2.44. The van der Waals surface area contributed by atoms with Crippen LogP contribution in [0.5, 0.6) is 0 Å². The van der Waals surface area contributed by atoms with Gasteiger partial charge >= 0.3 is 0 Å². The molecule has 0 bridgehead atoms. The fraction of sp³-hybridized carbons (Fsp3) is 0.643. The molecule has 4 atom stereocenters. The van der Waals surface area contributed by atoms with E-state index in [1.54, 1.807) is 4.57 Å². The van der Waals surface area contributed by atoms with Crippen molar-refractivity contribution in [2.45, 2.75) is 24.5 Å². The molecular weight excluding hydrogens is 316 g/mol. The summed E-state index contributed by atoms with van der Waals surface area (Å²) in [5, 5.41) is 32.7. The lowest BCUT2D eigenvalue weighted by atomic mass is 10.1. The number of anilines is 1. The third-order valence-electron chi connectivity index (χ3n) is 4.55. The van der Waals surface area contributed by atoms with Gasteiger partial charge in [0, 0.05) is 26.2 Å². The molecule has 4 heterocycles. The standard InChI is InChI=1S/C14H20N6O4/c21-5-8-10(22)11(23)14(24-8)20-7-18-9-12(16-6-17-13(9)20)19-3-1-15-2-4-19/h6-8,10-11,14-15,21-23H,1-5H2/t8-,10-,11-,14?/m1/s1. The number of ether oxygens (including phenoxy) is 1. The van der Waals surface area contributed by atoms with Gasteiger partial charge in [0.05, 0.1) is 12.9 Å². The van der Waals surface area contributed by atoms with E-state index in [1.807, 2.05) is 0 Å². The zero-order valence-corrected chi connectivity index (χ0v) is 13.0. The third-order valence-corrected chi connectivity index (χ3v) is 4.55. The topological polar surface area (TPSA) is 129 Å². The van der Waals surface area contributed by atoms with E-state index in [0.717, 1.165) is 32.0 Å². The Kier molecular flexibility index (Phi) is 4.06. The maximum absolute atomic E-state index is 10.2. The summed E-state index contributed by atoms with van der Waals surface area (Å²) in [6, 6.07) is 0. The lowest BCUT2D eigenvalue weighted by Crippen LogP contribution is -2.44. The summed E-state index contributed by atoms with van der Waals surface area (Å²) < 4.78 is 7.14. The molecule has 4 rings (SSSR count). The van der Waals surface area contributed by atoms with E-state index in [4.69, 9.17) is 4.74 Å². The van der Waals surface area contributed by atoms with E-state index < -0.39 is 24.5 Å². The molecule has 4 N–H and O–H groups in total. The molecule has 0 spiro atoms. The monoisotopic (exact) mass is 336 g/mol. The molecule has 2 aliphatic heterocycles. The minimum Gasteiger partial charge on any atom is -0.394 e. The van der Waals surface area contributed by atoms with Crippen molar-refractivity contribution in [2.24, 2.45) is 0 Å². The number of piperazine rings is 1. The van der Waals surface area contributed by atoms with Crippen molar-refractivity contribution in [3.8, 4) is 0 Å². The molecule has 2 aliphatic rings. The molecule has 2 aromatic rings. The summed E-state index contributed by atoms with van der Waals surface area (Å²) in [5.41, 5.74) is 1.14. The van der Waals surface area contributed by atoms with E-state index in [1.165, 1.54) is 12.7 Å². The van der Waals surface area contributed by atoms with Crippen LogP contribution in [0, 0.1) is 0 Å². The first-order valence-corrected chi connectivity index (χ1v) is 7.96. The van der Waals surface area contributed by atoms with Crippen molar-refractivity contribution in [3.05, 3.63) is 12.7 Å². The van der Waals surface area contributed by atoms with Gasteiger partial charge in [-0.1, -0.05) is 0 Å². The maximum Gasteiger partial charge on any atom is 0.167 e. The first-order valence-electron chi connectivity index (χ1n) is 7.96. The van der Waals surface area contributed by atoms with E-state index in [0.29, 0.717) is 11.2 Å². The first-order chi connectivity index (χ1) is 11.7. The molecule has 2 fully saturated rings. The molecule has 0 aromatic carbocycles. The number of aromatic nitrogens is 4. The molecule has 0 aliphatic carbocycles. The number of aliphatic hydroxyl groups is 3. The fourth-order valence-corrected chi connectivity index (χ4v) is 3.24. The number of nitrogens with one attached hydrogen (secondary N) is 1. The highest BCUT2D eigenvalue weighted by molar-refractivity contribution is 5.83. The van der Waals surface area contributed by atoms with E-state index in [9.17, 15) is 15.3 Å². The van der Waals surface area contributed by atoms with Crippen LogP contribution in [0.25, 0.3) is 11.2 Å². The molecule has 2 aromatic heterocycles. The van der Waals surface area contributed by atoms with Crippen LogP contribution in [-0.2, 0) is 4.74 Å². The molecule has 0 radical (unpaired) electrons. The molecular formula is C14H20N6O4. The number of imidazole rings is 1. The summed E-state index contributed by atoms with van der Waals surface area (Å²) in [6.07, 6.45) is -1.04. The molecule has 1 unspecified atom stereocenters. The minimum absolute atomic E-state index is 0.373. The van der Waals surface area contributed by atoms with Crippen LogP contribution in [-0.4, -0.2) is 85.9 Å². The number of fused-ring (bicyclic) bond motifs is 1. The van der Waals surface area contributed by atoms with E-state index >= 15 is 0 Å². The second-order valence-corrected chi connectivity index (χ2v) is 5.99. The third kappa shape index (κ3) is 2.43. The second kappa shape index (κ2) is 6.22. The summed E-state index contributed by atoms with van der Waals surface area (Å²) in [7, 11) is 0. The van der Waals surface area contributed by atoms with Gasteiger partial charge in [0.1, 0.15) is 24.6 Å². The molecule has 0 saturated carbocycles. The largest absolute Gasteiger partial charge is 0.394 e. The van der Waals surface area contributed by atoms with Gasteiger partial charge in [0.15, 0.2) is 23.2 Å². The Balaban J connectivity index is 1.71. The SMILES string of the molecule is OC[C@H]1OC(n2cnc3c(N4CCNCC4)ncnc32)[C@H](O)[C@@H]1O. The Morgan fingerprint density at radius 1 is 1.17 bits per heavy atom. The quantitative estimate of drug-likeness (QED) is 0.496. The summed E-state index contributed by atoms with van der Waals surface area (Å²) in [6.45, 7) is 3.03. The molecule has 24 heavy (non-hydrogen) atoms. The van der Waals surface area contributed by atoms with Crippen LogP contribution in [0.15, 0.2) is 12.7 Å². The maximum atomic E-state index is 10.2. The van der Waals surface area contributed by atoms with Crippen molar-refractivity contribution in [1.29, 1.82) is 0 Å². The minimum atomic E-state index is -1.17. The van der Waals surface area contributed by atoms with Crippen molar-refractivity contribution in [3.63, 3.8) is 0 Å². The van der Waals surface area contributed by atoms with Gasteiger partial charge in [-0.3, -0.25) is 4.57 Å². The van der Waals surface area contributed by atoms with Gasteiger partial charge in [-0.15, -0.1) is 0 Å². The molecule has 10 nitrogen and oxygen atoms in total. The van der Waals surface area contributed by atoms with Gasteiger partial charge in [0.25, 0.3) is 0 Å². The lowest BCUT2D eigenvalue weighted by Gasteiger charge is -2.28. The smallest absolute Gasteiger partial charge is 0.167 e. The van der Waals surface area contributed by atoms with Crippen LogP contribution in [0.1, 0.15) is 6.23 Å². The Labute approximate surface area is 137 Å². The summed E-state index contributed by atoms with van der Waals surface area (Å²) in [4.78, 5) is 15.1. The van der Waals surface area contributed by atoms with Crippen molar-refractivity contribution in [1.82, 2.24) is 24.8 Å². The summed E-state index contributed by atoms with van der Waals surface area (Å²) in [5.74, 6) is 0.743. The highest BCUT2D eigenvalue weighted by Crippen LogP contribution is 2.32. The van der Waals surface area contributed by atoms with E-state index in [-0.39, 0.29) is 6.61 Å². The van der Waals surface area contributed by atoms with Gasteiger partial charge < -0.3 is 30.3 Å². The Morgan fingerprint density at radius 3 is 2.67 bits per heavy atom. The molecule has 2 saturated heterocycles. The van der Waals surface area contributed by atoms with Crippen LogP contribution in [0.2, 0.25) is 0 Å².